The molecule has 0 radical (unpaired) electrons. The van der Waals surface area contributed by atoms with Crippen molar-refractivity contribution in [2.24, 2.45) is 0 Å². The number of hydrogen-bond acceptors (Lipinski definition) is 4. The lowest BCUT2D eigenvalue weighted by Gasteiger charge is -2.13. The number of nitrogens with one attached hydrogen (secondary N) is 2. The minimum atomic E-state index is -0.463. The van der Waals surface area contributed by atoms with Crippen LogP contribution in [0.2, 0.25) is 0 Å². The molecule has 106 valence electrons. The molecule has 0 atom stereocenters. The maximum absolute atomic E-state index is 13.5. The van der Waals surface area contributed by atoms with Crippen molar-refractivity contribution in [2.45, 2.75) is 20.4 Å². The summed E-state index contributed by atoms with van der Waals surface area (Å²) in [5, 5.41) is 5.99. The fraction of sp³-hybridized carbons (Fsp3) is 0.286. The molecular weight excluding hydrogens is 262 g/mol. The van der Waals surface area contributed by atoms with Crippen molar-refractivity contribution >= 4 is 11.6 Å². The SMILES string of the molecule is CNc1nc(C)nc(NCc2cc(F)ccc2F)c1C. The molecule has 0 fully saturated rings. The van der Waals surface area contributed by atoms with E-state index in [1.165, 1.54) is 6.07 Å². The predicted octanol–water partition coefficient (Wildman–Crippen LogP) is 3.03. The van der Waals surface area contributed by atoms with Gasteiger partial charge in [0.2, 0.25) is 0 Å². The zero-order chi connectivity index (χ0) is 14.7. The van der Waals surface area contributed by atoms with E-state index in [9.17, 15) is 8.78 Å². The molecule has 0 bridgehead atoms. The Morgan fingerprint density at radius 3 is 2.50 bits per heavy atom. The highest BCUT2D eigenvalue weighted by Crippen LogP contribution is 2.20. The number of benzene rings is 1. The number of rotatable bonds is 4. The van der Waals surface area contributed by atoms with E-state index in [1.54, 1.807) is 14.0 Å². The van der Waals surface area contributed by atoms with Crippen molar-refractivity contribution < 1.29 is 8.78 Å². The molecule has 0 amide bonds. The fourth-order valence-electron chi connectivity index (χ4n) is 1.90. The average molecular weight is 278 g/mol. The quantitative estimate of drug-likeness (QED) is 0.902. The summed E-state index contributed by atoms with van der Waals surface area (Å²) in [7, 11) is 1.77. The second kappa shape index (κ2) is 5.81. The minimum Gasteiger partial charge on any atom is -0.373 e. The number of hydrogen-bond donors (Lipinski definition) is 2. The molecular formula is C14H16F2N4. The third-order valence-electron chi connectivity index (χ3n) is 2.95. The van der Waals surface area contributed by atoms with Crippen molar-refractivity contribution in [1.29, 1.82) is 0 Å². The standard InChI is InChI=1S/C14H16F2N4/c1-8-13(17-3)19-9(2)20-14(8)18-7-10-6-11(15)4-5-12(10)16/h4-6H,7H2,1-3H3,(H2,17,18,19,20). The Morgan fingerprint density at radius 1 is 1.10 bits per heavy atom. The van der Waals surface area contributed by atoms with E-state index in [2.05, 4.69) is 20.6 Å². The summed E-state index contributed by atoms with van der Waals surface area (Å²) in [5.74, 6) is 0.998. The molecule has 0 spiro atoms. The van der Waals surface area contributed by atoms with Gasteiger partial charge >= 0.3 is 0 Å². The van der Waals surface area contributed by atoms with E-state index < -0.39 is 11.6 Å². The number of nitrogens with zero attached hydrogens (tertiary/aromatic N) is 2. The summed E-state index contributed by atoms with van der Waals surface area (Å²) < 4.78 is 26.7. The van der Waals surface area contributed by atoms with Crippen LogP contribution < -0.4 is 10.6 Å². The summed E-state index contributed by atoms with van der Waals surface area (Å²) >= 11 is 0. The van der Waals surface area contributed by atoms with Crippen molar-refractivity contribution in [3.63, 3.8) is 0 Å². The van der Waals surface area contributed by atoms with Crippen LogP contribution >= 0.6 is 0 Å². The lowest BCUT2D eigenvalue weighted by atomic mass is 10.2. The van der Waals surface area contributed by atoms with E-state index in [1.807, 2.05) is 6.92 Å². The molecule has 1 aromatic heterocycles. The van der Waals surface area contributed by atoms with Gasteiger partial charge in [0, 0.05) is 24.7 Å². The lowest BCUT2D eigenvalue weighted by molar-refractivity contribution is 0.587. The smallest absolute Gasteiger partial charge is 0.135 e. The van der Waals surface area contributed by atoms with Crippen LogP contribution in [0.1, 0.15) is 17.0 Å². The van der Waals surface area contributed by atoms with Gasteiger partial charge in [-0.15, -0.1) is 0 Å². The highest BCUT2D eigenvalue weighted by Gasteiger charge is 2.09. The fourth-order valence-corrected chi connectivity index (χ4v) is 1.90. The first-order valence-electron chi connectivity index (χ1n) is 6.22. The van der Waals surface area contributed by atoms with E-state index in [-0.39, 0.29) is 12.1 Å². The maximum atomic E-state index is 13.5. The van der Waals surface area contributed by atoms with Gasteiger partial charge in [0.25, 0.3) is 0 Å². The van der Waals surface area contributed by atoms with Crippen LogP contribution in [0.25, 0.3) is 0 Å². The third kappa shape index (κ3) is 3.01. The maximum Gasteiger partial charge on any atom is 0.135 e. The number of halogens is 2. The van der Waals surface area contributed by atoms with E-state index >= 15 is 0 Å². The normalized spacial score (nSPS) is 10.4. The van der Waals surface area contributed by atoms with Crippen LogP contribution in [0.5, 0.6) is 0 Å². The topological polar surface area (TPSA) is 49.8 Å². The summed E-state index contributed by atoms with van der Waals surface area (Å²) in [6, 6.07) is 3.38. The highest BCUT2D eigenvalue weighted by atomic mass is 19.1. The predicted molar refractivity (Wildman–Crippen MR) is 74.7 cm³/mol. The molecule has 20 heavy (non-hydrogen) atoms. The second-order valence-electron chi connectivity index (χ2n) is 4.43. The molecule has 0 saturated carbocycles. The summed E-state index contributed by atoms with van der Waals surface area (Å²) in [4.78, 5) is 8.51. The number of anilines is 2. The zero-order valence-corrected chi connectivity index (χ0v) is 11.6. The first kappa shape index (κ1) is 14.2. The molecule has 2 N–H and O–H groups in total. The lowest BCUT2D eigenvalue weighted by Crippen LogP contribution is -2.09. The number of aryl methyl sites for hydroxylation is 1. The Kier molecular flexibility index (Phi) is 4.12. The van der Waals surface area contributed by atoms with Crippen molar-refractivity contribution in [1.82, 2.24) is 9.97 Å². The molecule has 4 nitrogen and oxygen atoms in total. The molecule has 0 aliphatic carbocycles. The first-order valence-corrected chi connectivity index (χ1v) is 6.22. The highest BCUT2D eigenvalue weighted by molar-refractivity contribution is 5.57. The van der Waals surface area contributed by atoms with Gasteiger partial charge in [0.15, 0.2) is 0 Å². The molecule has 2 rings (SSSR count). The van der Waals surface area contributed by atoms with E-state index in [0.29, 0.717) is 17.5 Å². The van der Waals surface area contributed by atoms with Gasteiger partial charge in [-0.05, 0) is 32.0 Å². The largest absolute Gasteiger partial charge is 0.373 e. The van der Waals surface area contributed by atoms with Gasteiger partial charge in [0.1, 0.15) is 29.1 Å². The molecule has 1 aromatic carbocycles. The summed E-state index contributed by atoms with van der Waals surface area (Å²) in [5.41, 5.74) is 1.08. The third-order valence-corrected chi connectivity index (χ3v) is 2.95. The van der Waals surface area contributed by atoms with Crippen LogP contribution in [0.4, 0.5) is 20.4 Å². The molecule has 0 saturated heterocycles. The zero-order valence-electron chi connectivity index (χ0n) is 11.6. The van der Waals surface area contributed by atoms with Crippen LogP contribution in [-0.2, 0) is 6.54 Å². The van der Waals surface area contributed by atoms with Gasteiger partial charge in [0.05, 0.1) is 0 Å². The Hall–Kier alpha value is -2.24. The van der Waals surface area contributed by atoms with Crippen molar-refractivity contribution in [2.75, 3.05) is 17.7 Å². The van der Waals surface area contributed by atoms with E-state index in [4.69, 9.17) is 0 Å². The summed E-state index contributed by atoms with van der Waals surface area (Å²) in [6.45, 7) is 3.79. The Balaban J connectivity index is 2.23. The summed E-state index contributed by atoms with van der Waals surface area (Å²) in [6.07, 6.45) is 0. The van der Waals surface area contributed by atoms with Crippen molar-refractivity contribution in [3.05, 3.63) is 46.8 Å². The Labute approximate surface area is 116 Å². The molecule has 2 aromatic rings. The van der Waals surface area contributed by atoms with Gasteiger partial charge in [-0.3, -0.25) is 0 Å². The van der Waals surface area contributed by atoms with Crippen LogP contribution in [-0.4, -0.2) is 17.0 Å². The Morgan fingerprint density at radius 2 is 1.80 bits per heavy atom. The van der Waals surface area contributed by atoms with E-state index in [0.717, 1.165) is 17.7 Å². The number of aromatic nitrogens is 2. The second-order valence-corrected chi connectivity index (χ2v) is 4.43. The van der Waals surface area contributed by atoms with Gasteiger partial charge in [-0.1, -0.05) is 0 Å². The van der Waals surface area contributed by atoms with Crippen LogP contribution in [0, 0.1) is 25.5 Å². The van der Waals surface area contributed by atoms with Gasteiger partial charge in [-0.2, -0.15) is 0 Å². The monoisotopic (exact) mass is 278 g/mol. The molecule has 0 unspecified atom stereocenters. The first-order chi connectivity index (χ1) is 9.51. The minimum absolute atomic E-state index is 0.157. The average Bonchev–Trinajstić information content (AvgIpc) is 2.42. The Bertz CT molecular complexity index is 629. The van der Waals surface area contributed by atoms with Crippen LogP contribution in [0.3, 0.4) is 0 Å². The van der Waals surface area contributed by atoms with Crippen LogP contribution in [0.15, 0.2) is 18.2 Å². The van der Waals surface area contributed by atoms with Crippen molar-refractivity contribution in [3.8, 4) is 0 Å². The molecule has 1 heterocycles. The molecule has 0 aliphatic rings. The molecule has 6 heteroatoms. The molecule has 0 aliphatic heterocycles. The van der Waals surface area contributed by atoms with Gasteiger partial charge in [-0.25, -0.2) is 18.7 Å². The van der Waals surface area contributed by atoms with Gasteiger partial charge < -0.3 is 10.6 Å².